The number of methoxy groups -OCH3 is 1. The summed E-state index contributed by atoms with van der Waals surface area (Å²) in [5.74, 6) is 0.887. The van der Waals surface area contributed by atoms with Crippen molar-refractivity contribution in [2.75, 3.05) is 33.4 Å². The first-order valence-corrected chi connectivity index (χ1v) is 10.2. The number of ether oxygens (including phenoxy) is 2. The lowest BCUT2D eigenvalue weighted by molar-refractivity contribution is -0.0187. The van der Waals surface area contributed by atoms with E-state index in [-0.39, 0.29) is 6.29 Å². The quantitative estimate of drug-likeness (QED) is 0.602. The molecule has 0 bridgehead atoms. The molecule has 0 aromatic heterocycles. The van der Waals surface area contributed by atoms with Crippen LogP contribution < -0.4 is 9.22 Å². The monoisotopic (exact) mass is 371 g/mol. The fourth-order valence-corrected chi connectivity index (χ4v) is 4.80. The Bertz CT molecular complexity index is 661. The van der Waals surface area contributed by atoms with Crippen molar-refractivity contribution < 1.29 is 9.47 Å². The van der Waals surface area contributed by atoms with Crippen molar-refractivity contribution >= 4 is 18.4 Å². The van der Waals surface area contributed by atoms with Crippen LogP contribution in [0.15, 0.2) is 34.3 Å². The minimum Gasteiger partial charge on any atom is -0.497 e. The Morgan fingerprint density at radius 1 is 1.04 bits per heavy atom. The van der Waals surface area contributed by atoms with Crippen LogP contribution in [0.2, 0.25) is 0 Å². The summed E-state index contributed by atoms with van der Waals surface area (Å²) in [4.78, 5) is 12.0. The molecule has 1 saturated carbocycles. The van der Waals surface area contributed by atoms with Gasteiger partial charge in [-0.15, -0.1) is 0 Å². The molecule has 2 aliphatic heterocycles. The molecule has 0 amide bonds. The van der Waals surface area contributed by atoms with Gasteiger partial charge in [-0.1, -0.05) is 12.8 Å². The van der Waals surface area contributed by atoms with Gasteiger partial charge in [0.05, 0.1) is 20.3 Å². The van der Waals surface area contributed by atoms with Gasteiger partial charge in [-0.3, -0.25) is 0 Å². The van der Waals surface area contributed by atoms with Crippen LogP contribution >= 0.6 is 0 Å². The second kappa shape index (κ2) is 8.50. The first kappa shape index (κ1) is 18.6. The average Bonchev–Trinajstić information content (AvgIpc) is 3.04. The van der Waals surface area contributed by atoms with Crippen molar-refractivity contribution in [3.05, 3.63) is 24.3 Å². The molecular weight excluding hydrogens is 340 g/mol. The van der Waals surface area contributed by atoms with Gasteiger partial charge in [-0.2, -0.15) is 9.98 Å². The molecule has 2 unspecified atom stereocenters. The Labute approximate surface area is 162 Å². The zero-order valence-electron chi connectivity index (χ0n) is 16.3. The summed E-state index contributed by atoms with van der Waals surface area (Å²) in [6.07, 6.45) is 11.6. The van der Waals surface area contributed by atoms with Crippen molar-refractivity contribution in [3.8, 4) is 5.75 Å². The zero-order chi connectivity index (χ0) is 18.5. The summed E-state index contributed by atoms with van der Waals surface area (Å²) in [5, 5.41) is 0. The molecule has 6 nitrogen and oxygen atoms in total. The van der Waals surface area contributed by atoms with E-state index in [1.807, 2.05) is 0 Å². The molecule has 2 atom stereocenters. The van der Waals surface area contributed by atoms with Crippen LogP contribution in [0.3, 0.4) is 0 Å². The zero-order valence-corrected chi connectivity index (χ0v) is 16.3. The lowest BCUT2D eigenvalue weighted by Crippen LogP contribution is -2.68. The lowest BCUT2D eigenvalue weighted by Gasteiger charge is -2.48. The van der Waals surface area contributed by atoms with Gasteiger partial charge in [0.15, 0.2) is 6.34 Å². The van der Waals surface area contributed by atoms with E-state index in [0.717, 1.165) is 32.1 Å². The lowest BCUT2D eigenvalue weighted by atomic mass is 10.0. The standard InChI is InChI=1S/C21H31N4O2/c1-26-20-10-8-19(9-11-20)25(18-6-4-2-3-5-7-18)17-22-16-23-21(25)24-12-14-27-15-13-24/h8-11,16-18,21H,2-7,12-15H2,1H3/q+1. The first-order chi connectivity index (χ1) is 13.3. The summed E-state index contributed by atoms with van der Waals surface area (Å²) in [6, 6.07) is 9.02. The van der Waals surface area contributed by atoms with Gasteiger partial charge < -0.3 is 9.47 Å². The molecule has 0 radical (unpaired) electrons. The Balaban J connectivity index is 1.77. The van der Waals surface area contributed by atoms with Gasteiger partial charge in [0.2, 0.25) is 0 Å². The number of aliphatic imine (C=N–C) groups is 2. The largest absolute Gasteiger partial charge is 0.497 e. The van der Waals surface area contributed by atoms with E-state index in [1.54, 1.807) is 13.4 Å². The van der Waals surface area contributed by atoms with E-state index in [4.69, 9.17) is 14.5 Å². The van der Waals surface area contributed by atoms with Crippen molar-refractivity contribution in [2.24, 2.45) is 9.98 Å². The normalized spacial score (nSPS) is 30.2. The first-order valence-electron chi connectivity index (χ1n) is 10.2. The third kappa shape index (κ3) is 3.66. The second-order valence-corrected chi connectivity index (χ2v) is 7.70. The number of morpholine rings is 1. The number of rotatable bonds is 4. The maximum absolute atomic E-state index is 5.61. The third-order valence-electron chi connectivity index (χ3n) is 6.23. The van der Waals surface area contributed by atoms with Crippen LogP contribution in [0.25, 0.3) is 0 Å². The molecule has 1 aliphatic carbocycles. The summed E-state index contributed by atoms with van der Waals surface area (Å²) in [5.41, 5.74) is 1.25. The predicted molar refractivity (Wildman–Crippen MR) is 109 cm³/mol. The maximum Gasteiger partial charge on any atom is 0.255 e. The minimum atomic E-state index is 0.0305. The molecule has 1 aromatic carbocycles. The highest BCUT2D eigenvalue weighted by molar-refractivity contribution is 5.84. The smallest absolute Gasteiger partial charge is 0.255 e. The molecule has 0 spiro atoms. The van der Waals surface area contributed by atoms with E-state index in [9.17, 15) is 0 Å². The average molecular weight is 372 g/mol. The second-order valence-electron chi connectivity index (χ2n) is 7.70. The number of benzene rings is 1. The SMILES string of the molecule is COc1ccc([N+]2(C3CCCCCC3)C=NC=NC2N2CCOCC2)cc1. The number of nitrogens with zero attached hydrogens (tertiary/aromatic N) is 4. The van der Waals surface area contributed by atoms with E-state index in [0.29, 0.717) is 10.5 Å². The van der Waals surface area contributed by atoms with Crippen molar-refractivity contribution in [1.82, 2.24) is 9.38 Å². The van der Waals surface area contributed by atoms with Crippen molar-refractivity contribution in [1.29, 1.82) is 0 Å². The van der Waals surface area contributed by atoms with Crippen molar-refractivity contribution in [2.45, 2.75) is 50.9 Å². The van der Waals surface area contributed by atoms with Crippen LogP contribution in [0, 0.1) is 0 Å². The Morgan fingerprint density at radius 2 is 1.74 bits per heavy atom. The molecule has 6 heteroatoms. The van der Waals surface area contributed by atoms with Crippen LogP contribution in [0.1, 0.15) is 38.5 Å². The molecule has 4 rings (SSSR count). The van der Waals surface area contributed by atoms with E-state index >= 15 is 0 Å². The number of hydrogen-bond acceptors (Lipinski definition) is 5. The van der Waals surface area contributed by atoms with Crippen molar-refractivity contribution in [3.63, 3.8) is 0 Å². The molecule has 0 N–H and O–H groups in total. The van der Waals surface area contributed by atoms with Gasteiger partial charge in [0.25, 0.3) is 6.29 Å². The molecule has 1 aromatic rings. The molecule has 2 heterocycles. The summed E-state index contributed by atoms with van der Waals surface area (Å²) in [7, 11) is 1.72. The fourth-order valence-electron chi connectivity index (χ4n) is 4.80. The Morgan fingerprint density at radius 3 is 2.41 bits per heavy atom. The topological polar surface area (TPSA) is 46.4 Å². The van der Waals surface area contributed by atoms with Crippen LogP contribution in [0.5, 0.6) is 5.75 Å². The highest BCUT2D eigenvalue weighted by Crippen LogP contribution is 2.38. The van der Waals surface area contributed by atoms with Gasteiger partial charge >= 0.3 is 0 Å². The summed E-state index contributed by atoms with van der Waals surface area (Å²) in [6.45, 7) is 3.38. The summed E-state index contributed by atoms with van der Waals surface area (Å²) >= 11 is 0. The predicted octanol–water partition coefficient (Wildman–Crippen LogP) is 3.41. The molecule has 1 saturated heterocycles. The Hall–Kier alpha value is -1.76. The summed E-state index contributed by atoms with van der Waals surface area (Å²) < 4.78 is 11.7. The van der Waals surface area contributed by atoms with Crippen LogP contribution in [0.4, 0.5) is 5.69 Å². The van der Waals surface area contributed by atoms with Crippen LogP contribution in [-0.2, 0) is 4.74 Å². The molecule has 3 aliphatic rings. The van der Waals surface area contributed by atoms with E-state index < -0.39 is 0 Å². The van der Waals surface area contributed by atoms with Crippen LogP contribution in [-0.4, -0.2) is 63.3 Å². The maximum atomic E-state index is 5.61. The van der Waals surface area contributed by atoms with Gasteiger partial charge in [0, 0.05) is 38.1 Å². The molecule has 2 fully saturated rings. The van der Waals surface area contributed by atoms with E-state index in [1.165, 1.54) is 44.2 Å². The Kier molecular flexibility index (Phi) is 5.86. The number of hydrogen-bond donors (Lipinski definition) is 0. The molecular formula is C21H31N4O2+. The highest BCUT2D eigenvalue weighted by Gasteiger charge is 2.49. The molecule has 27 heavy (non-hydrogen) atoms. The molecule has 146 valence electrons. The third-order valence-corrected chi connectivity index (χ3v) is 6.23. The van der Waals surface area contributed by atoms with Gasteiger partial charge in [0.1, 0.15) is 23.8 Å². The highest BCUT2D eigenvalue weighted by atomic mass is 16.5. The fraction of sp³-hybridized carbons (Fsp3) is 0.619. The minimum absolute atomic E-state index is 0.0305. The number of quaternary nitrogens is 1. The van der Waals surface area contributed by atoms with Gasteiger partial charge in [-0.25, -0.2) is 9.38 Å². The van der Waals surface area contributed by atoms with Gasteiger partial charge in [-0.05, 0) is 25.0 Å². The van der Waals surface area contributed by atoms with E-state index in [2.05, 4.69) is 40.5 Å².